The minimum atomic E-state index is -0.263. The molecule has 120 valence electrons. The highest BCUT2D eigenvalue weighted by Crippen LogP contribution is 2.25. The van der Waals surface area contributed by atoms with Crippen molar-refractivity contribution in [1.29, 1.82) is 5.26 Å². The van der Waals surface area contributed by atoms with Gasteiger partial charge in [-0.15, -0.1) is 11.3 Å². The fourth-order valence-electron chi connectivity index (χ4n) is 2.22. The number of thiophene rings is 1. The van der Waals surface area contributed by atoms with Gasteiger partial charge in [0, 0.05) is 31.5 Å². The van der Waals surface area contributed by atoms with Crippen LogP contribution in [0.1, 0.15) is 22.5 Å². The Bertz CT molecular complexity index is 837. The Labute approximate surface area is 143 Å². The summed E-state index contributed by atoms with van der Waals surface area (Å²) in [6.45, 7) is 0.695. The number of carbonyl (C=O) groups excluding carboxylic acids is 1. The van der Waals surface area contributed by atoms with Gasteiger partial charge in [0.1, 0.15) is 0 Å². The average molecular weight is 338 g/mol. The Morgan fingerprint density at radius 2 is 2.29 bits per heavy atom. The maximum Gasteiger partial charge on any atom is 0.276 e. The Morgan fingerprint density at radius 3 is 3.00 bits per heavy atom. The summed E-state index contributed by atoms with van der Waals surface area (Å²) in [6, 6.07) is 11.2. The van der Waals surface area contributed by atoms with Crippen LogP contribution in [0.2, 0.25) is 0 Å². The van der Waals surface area contributed by atoms with Crippen LogP contribution in [-0.2, 0) is 6.54 Å². The molecule has 0 bridgehead atoms. The van der Waals surface area contributed by atoms with Crippen molar-refractivity contribution >= 4 is 17.2 Å². The van der Waals surface area contributed by atoms with E-state index in [2.05, 4.69) is 16.2 Å². The van der Waals surface area contributed by atoms with E-state index in [-0.39, 0.29) is 18.0 Å². The smallest absolute Gasteiger partial charge is 0.276 e. The van der Waals surface area contributed by atoms with Crippen molar-refractivity contribution in [3.8, 4) is 16.7 Å². The highest BCUT2D eigenvalue weighted by molar-refractivity contribution is 7.13. The molecule has 0 saturated carbocycles. The Balaban J connectivity index is 1.79. The molecule has 0 radical (unpaired) electrons. The van der Waals surface area contributed by atoms with Gasteiger partial charge in [0.2, 0.25) is 0 Å². The molecule has 3 aromatic heterocycles. The molecule has 3 aromatic rings. The van der Waals surface area contributed by atoms with Crippen LogP contribution in [0.4, 0.5) is 0 Å². The van der Waals surface area contributed by atoms with Gasteiger partial charge in [-0.25, -0.2) is 0 Å². The molecule has 7 heteroatoms. The van der Waals surface area contributed by atoms with Crippen LogP contribution in [0.15, 0.2) is 52.6 Å². The Morgan fingerprint density at radius 1 is 1.38 bits per heavy atom. The predicted molar refractivity (Wildman–Crippen MR) is 89.0 cm³/mol. The number of hydrogen-bond donors (Lipinski definition) is 0. The van der Waals surface area contributed by atoms with E-state index in [0.29, 0.717) is 18.8 Å². The first-order valence-corrected chi connectivity index (χ1v) is 8.21. The lowest BCUT2D eigenvalue weighted by Gasteiger charge is -2.20. The van der Waals surface area contributed by atoms with Crippen LogP contribution >= 0.6 is 11.3 Å². The van der Waals surface area contributed by atoms with Gasteiger partial charge in [0.05, 0.1) is 17.4 Å². The molecule has 6 nitrogen and oxygen atoms in total. The summed E-state index contributed by atoms with van der Waals surface area (Å²) >= 11 is 1.52. The fourth-order valence-corrected chi connectivity index (χ4v) is 2.90. The highest BCUT2D eigenvalue weighted by atomic mass is 32.1. The summed E-state index contributed by atoms with van der Waals surface area (Å²) < 4.78 is 5.27. The van der Waals surface area contributed by atoms with Crippen molar-refractivity contribution in [3.63, 3.8) is 0 Å². The second-order valence-electron chi connectivity index (χ2n) is 5.05. The van der Waals surface area contributed by atoms with E-state index in [1.807, 2.05) is 29.6 Å². The Kier molecular flexibility index (Phi) is 4.99. The largest absolute Gasteiger partial charge is 0.355 e. The summed E-state index contributed by atoms with van der Waals surface area (Å²) in [6.07, 6.45) is 3.63. The zero-order valence-electron chi connectivity index (χ0n) is 12.8. The summed E-state index contributed by atoms with van der Waals surface area (Å²) in [7, 11) is 0. The number of nitrogens with zero attached hydrogens (tertiary/aromatic N) is 4. The van der Waals surface area contributed by atoms with Crippen molar-refractivity contribution in [3.05, 3.63) is 59.4 Å². The van der Waals surface area contributed by atoms with Crippen molar-refractivity contribution < 1.29 is 9.32 Å². The molecule has 0 aliphatic heterocycles. The van der Waals surface area contributed by atoms with Gasteiger partial charge in [-0.1, -0.05) is 17.3 Å². The van der Waals surface area contributed by atoms with E-state index in [0.717, 1.165) is 10.4 Å². The summed E-state index contributed by atoms with van der Waals surface area (Å²) in [5.41, 5.74) is 1.13. The molecule has 0 spiro atoms. The molecule has 0 atom stereocenters. The van der Waals surface area contributed by atoms with E-state index in [4.69, 9.17) is 9.78 Å². The second kappa shape index (κ2) is 7.53. The molecule has 24 heavy (non-hydrogen) atoms. The molecule has 0 saturated heterocycles. The normalized spacial score (nSPS) is 10.3. The summed E-state index contributed by atoms with van der Waals surface area (Å²) in [4.78, 5) is 19.3. The third-order valence-corrected chi connectivity index (χ3v) is 4.25. The maximum absolute atomic E-state index is 12.7. The van der Waals surface area contributed by atoms with Crippen LogP contribution < -0.4 is 0 Å². The number of hydrogen-bond acceptors (Lipinski definition) is 6. The molecule has 1 amide bonds. The number of rotatable bonds is 6. The third kappa shape index (κ3) is 3.67. The van der Waals surface area contributed by atoms with Crippen LogP contribution in [0.5, 0.6) is 0 Å². The first-order valence-electron chi connectivity index (χ1n) is 7.33. The number of carbonyl (C=O) groups is 1. The lowest BCUT2D eigenvalue weighted by atomic mass is 10.2. The van der Waals surface area contributed by atoms with E-state index in [1.54, 1.807) is 23.4 Å². The van der Waals surface area contributed by atoms with Crippen LogP contribution in [-0.4, -0.2) is 27.5 Å². The van der Waals surface area contributed by atoms with Gasteiger partial charge >= 0.3 is 0 Å². The number of aromatic nitrogens is 2. The van der Waals surface area contributed by atoms with Gasteiger partial charge in [0.25, 0.3) is 5.91 Å². The van der Waals surface area contributed by atoms with Crippen molar-refractivity contribution in [2.75, 3.05) is 6.54 Å². The molecule has 3 heterocycles. The molecular formula is C17H14N4O2S. The molecule has 0 aliphatic carbocycles. The molecule has 0 fully saturated rings. The van der Waals surface area contributed by atoms with Gasteiger partial charge in [-0.2, -0.15) is 5.26 Å². The van der Waals surface area contributed by atoms with E-state index in [1.165, 1.54) is 11.3 Å². The quantitative estimate of drug-likeness (QED) is 0.688. The fraction of sp³-hybridized carbons (Fsp3) is 0.176. The topological polar surface area (TPSA) is 83.0 Å². The second-order valence-corrected chi connectivity index (χ2v) is 6.00. The molecule has 0 aromatic carbocycles. The number of amides is 1. The Hall–Kier alpha value is -2.98. The van der Waals surface area contributed by atoms with Crippen molar-refractivity contribution in [2.45, 2.75) is 13.0 Å². The lowest BCUT2D eigenvalue weighted by molar-refractivity contribution is 0.0736. The molecule has 0 unspecified atom stereocenters. The van der Waals surface area contributed by atoms with E-state index in [9.17, 15) is 4.79 Å². The summed E-state index contributed by atoms with van der Waals surface area (Å²) in [5, 5.41) is 14.6. The minimum Gasteiger partial charge on any atom is -0.355 e. The van der Waals surface area contributed by atoms with Crippen LogP contribution in [0, 0.1) is 11.3 Å². The zero-order valence-corrected chi connectivity index (χ0v) is 13.6. The standard InChI is InChI=1S/C17H14N4O2S/c18-6-3-8-21(12-13-4-1-7-19-11-13)17(22)14-10-15(23-20-14)16-5-2-9-24-16/h1-2,4-5,7,9-11H,3,8,12H2. The number of pyridine rings is 1. The maximum atomic E-state index is 12.7. The first kappa shape index (κ1) is 15.9. The van der Waals surface area contributed by atoms with Crippen LogP contribution in [0.3, 0.4) is 0 Å². The first-order chi connectivity index (χ1) is 11.8. The number of nitriles is 1. The van der Waals surface area contributed by atoms with Gasteiger partial charge in [0.15, 0.2) is 11.5 Å². The SMILES string of the molecule is N#CCCN(Cc1cccnc1)C(=O)c1cc(-c2cccs2)on1. The van der Waals surface area contributed by atoms with Gasteiger partial charge in [-0.3, -0.25) is 9.78 Å². The summed E-state index contributed by atoms with van der Waals surface area (Å²) in [5.74, 6) is 0.302. The molecular weight excluding hydrogens is 324 g/mol. The van der Waals surface area contributed by atoms with Gasteiger partial charge < -0.3 is 9.42 Å². The predicted octanol–water partition coefficient (Wildman–Crippen LogP) is 3.35. The van der Waals surface area contributed by atoms with E-state index < -0.39 is 0 Å². The van der Waals surface area contributed by atoms with Crippen molar-refractivity contribution in [2.24, 2.45) is 0 Å². The minimum absolute atomic E-state index is 0.236. The molecule has 3 rings (SSSR count). The molecule has 0 aliphatic rings. The highest BCUT2D eigenvalue weighted by Gasteiger charge is 2.21. The lowest BCUT2D eigenvalue weighted by Crippen LogP contribution is -2.31. The zero-order chi connectivity index (χ0) is 16.8. The molecule has 0 N–H and O–H groups in total. The van der Waals surface area contributed by atoms with E-state index >= 15 is 0 Å². The third-order valence-electron chi connectivity index (χ3n) is 3.37. The van der Waals surface area contributed by atoms with Crippen molar-refractivity contribution in [1.82, 2.24) is 15.0 Å². The van der Waals surface area contributed by atoms with Crippen LogP contribution in [0.25, 0.3) is 10.6 Å². The van der Waals surface area contributed by atoms with Gasteiger partial charge in [-0.05, 0) is 23.1 Å². The monoisotopic (exact) mass is 338 g/mol. The average Bonchev–Trinajstić information content (AvgIpc) is 3.29.